The molecule has 0 saturated heterocycles. The van der Waals surface area contributed by atoms with Crippen molar-refractivity contribution in [3.05, 3.63) is 58.1 Å². The summed E-state index contributed by atoms with van der Waals surface area (Å²) in [7, 11) is 1.63. The van der Waals surface area contributed by atoms with E-state index in [4.69, 9.17) is 9.47 Å². The molecule has 5 heteroatoms. The van der Waals surface area contributed by atoms with E-state index < -0.39 is 0 Å². The van der Waals surface area contributed by atoms with Gasteiger partial charge in [-0.25, -0.2) is 0 Å². The fraction of sp³-hybridized carbons (Fsp3) is 0.333. The molecule has 0 amide bonds. The maximum absolute atomic E-state index is 9.61. The Morgan fingerprint density at radius 3 is 2.57 bits per heavy atom. The minimum Gasteiger partial charge on any atom is -0.493 e. The minimum atomic E-state index is -0.104. The lowest BCUT2D eigenvalue weighted by Crippen LogP contribution is -2.24. The van der Waals surface area contributed by atoms with Gasteiger partial charge in [0.15, 0.2) is 11.5 Å². The Bertz CT molecular complexity index is 619. The lowest BCUT2D eigenvalue weighted by molar-refractivity contribution is 0.243. The fourth-order valence-electron chi connectivity index (χ4n) is 2.37. The summed E-state index contributed by atoms with van der Waals surface area (Å²) in [6, 6.07) is 13.7. The van der Waals surface area contributed by atoms with Gasteiger partial charge in [0, 0.05) is 6.54 Å². The quantitative estimate of drug-likeness (QED) is 0.734. The van der Waals surface area contributed by atoms with Gasteiger partial charge in [0.25, 0.3) is 0 Å². The van der Waals surface area contributed by atoms with Gasteiger partial charge < -0.3 is 19.9 Å². The molecule has 1 unspecified atom stereocenters. The SMILES string of the molecule is CCOc1c(Br)cc(CNC(CO)c2ccccc2)cc1OC. The average molecular weight is 380 g/mol. The van der Waals surface area contributed by atoms with Crippen LogP contribution in [0.15, 0.2) is 46.9 Å². The maximum atomic E-state index is 9.61. The second-order valence-corrected chi connectivity index (χ2v) is 5.92. The van der Waals surface area contributed by atoms with E-state index in [0.29, 0.717) is 24.7 Å². The summed E-state index contributed by atoms with van der Waals surface area (Å²) in [4.78, 5) is 0. The zero-order valence-electron chi connectivity index (χ0n) is 13.4. The first-order valence-electron chi connectivity index (χ1n) is 7.58. The Kier molecular flexibility index (Phi) is 6.89. The first-order valence-corrected chi connectivity index (χ1v) is 8.37. The number of ether oxygens (including phenoxy) is 2. The third-order valence-electron chi connectivity index (χ3n) is 3.52. The molecule has 0 aromatic heterocycles. The molecule has 2 rings (SSSR count). The summed E-state index contributed by atoms with van der Waals surface area (Å²) >= 11 is 3.53. The molecule has 4 nitrogen and oxygen atoms in total. The van der Waals surface area contributed by atoms with Crippen molar-refractivity contribution in [3.63, 3.8) is 0 Å². The third-order valence-corrected chi connectivity index (χ3v) is 4.10. The number of nitrogens with one attached hydrogen (secondary N) is 1. The number of rotatable bonds is 8. The number of aliphatic hydroxyl groups is 1. The summed E-state index contributed by atoms with van der Waals surface area (Å²) in [6.45, 7) is 3.17. The minimum absolute atomic E-state index is 0.0410. The third kappa shape index (κ3) is 4.70. The van der Waals surface area contributed by atoms with Crippen molar-refractivity contribution in [2.75, 3.05) is 20.3 Å². The van der Waals surface area contributed by atoms with Crippen LogP contribution in [0.1, 0.15) is 24.1 Å². The van der Waals surface area contributed by atoms with Crippen molar-refractivity contribution in [2.45, 2.75) is 19.5 Å². The number of hydrogen-bond acceptors (Lipinski definition) is 4. The Labute approximate surface area is 145 Å². The van der Waals surface area contributed by atoms with Gasteiger partial charge in [-0.05, 0) is 46.1 Å². The van der Waals surface area contributed by atoms with E-state index in [0.717, 1.165) is 15.6 Å². The van der Waals surface area contributed by atoms with Crippen LogP contribution >= 0.6 is 15.9 Å². The lowest BCUT2D eigenvalue weighted by Gasteiger charge is -2.18. The second kappa shape index (κ2) is 8.91. The van der Waals surface area contributed by atoms with Crippen LogP contribution in [0, 0.1) is 0 Å². The van der Waals surface area contributed by atoms with Crippen LogP contribution in [0.4, 0.5) is 0 Å². The van der Waals surface area contributed by atoms with Gasteiger partial charge in [-0.1, -0.05) is 30.3 Å². The molecule has 0 spiro atoms. The van der Waals surface area contributed by atoms with Crippen LogP contribution in [0.25, 0.3) is 0 Å². The van der Waals surface area contributed by atoms with Crippen molar-refractivity contribution in [1.82, 2.24) is 5.32 Å². The zero-order valence-corrected chi connectivity index (χ0v) is 15.0. The van der Waals surface area contributed by atoms with Gasteiger partial charge in [-0.15, -0.1) is 0 Å². The Morgan fingerprint density at radius 1 is 1.22 bits per heavy atom. The number of benzene rings is 2. The van der Waals surface area contributed by atoms with Gasteiger partial charge in [0.1, 0.15) is 0 Å². The molecule has 1 atom stereocenters. The molecule has 0 heterocycles. The maximum Gasteiger partial charge on any atom is 0.175 e. The Morgan fingerprint density at radius 2 is 1.96 bits per heavy atom. The van der Waals surface area contributed by atoms with Crippen molar-refractivity contribution < 1.29 is 14.6 Å². The number of halogens is 1. The molecule has 124 valence electrons. The van der Waals surface area contributed by atoms with Gasteiger partial charge in [-0.3, -0.25) is 0 Å². The molecule has 0 aliphatic carbocycles. The van der Waals surface area contributed by atoms with E-state index in [2.05, 4.69) is 21.2 Å². The second-order valence-electron chi connectivity index (χ2n) is 5.07. The van der Waals surface area contributed by atoms with Crippen LogP contribution < -0.4 is 14.8 Å². The normalized spacial score (nSPS) is 12.0. The Balaban J connectivity index is 2.12. The predicted molar refractivity (Wildman–Crippen MR) is 95.0 cm³/mol. The van der Waals surface area contributed by atoms with Gasteiger partial charge in [-0.2, -0.15) is 0 Å². The van der Waals surface area contributed by atoms with Gasteiger partial charge >= 0.3 is 0 Å². The monoisotopic (exact) mass is 379 g/mol. The average Bonchev–Trinajstić information content (AvgIpc) is 2.58. The Hall–Kier alpha value is -1.56. The highest BCUT2D eigenvalue weighted by Gasteiger charge is 2.13. The van der Waals surface area contributed by atoms with E-state index in [1.165, 1.54) is 0 Å². The van der Waals surface area contributed by atoms with Crippen LogP contribution in [-0.4, -0.2) is 25.4 Å². The molecule has 2 aromatic carbocycles. The van der Waals surface area contributed by atoms with Crippen LogP contribution in [0.5, 0.6) is 11.5 Å². The standard InChI is InChI=1S/C18H22BrNO3/c1-3-23-18-15(19)9-13(10-17(18)22-2)11-20-16(12-21)14-7-5-4-6-8-14/h4-10,16,20-21H,3,11-12H2,1-2H3. The van der Waals surface area contributed by atoms with Crippen molar-refractivity contribution >= 4 is 15.9 Å². The van der Waals surface area contributed by atoms with Crippen LogP contribution in [0.3, 0.4) is 0 Å². The van der Waals surface area contributed by atoms with Gasteiger partial charge in [0.2, 0.25) is 0 Å². The van der Waals surface area contributed by atoms with E-state index >= 15 is 0 Å². The zero-order chi connectivity index (χ0) is 16.7. The van der Waals surface area contributed by atoms with E-state index in [1.807, 2.05) is 49.4 Å². The van der Waals surface area contributed by atoms with Crippen molar-refractivity contribution in [1.29, 1.82) is 0 Å². The molecule has 0 aliphatic rings. The van der Waals surface area contributed by atoms with Crippen molar-refractivity contribution in [2.24, 2.45) is 0 Å². The first kappa shape index (κ1) is 17.8. The summed E-state index contributed by atoms with van der Waals surface area (Å²) in [5.74, 6) is 1.40. The summed E-state index contributed by atoms with van der Waals surface area (Å²) in [5.41, 5.74) is 2.11. The molecule has 0 bridgehead atoms. The molecular formula is C18H22BrNO3. The predicted octanol–water partition coefficient (Wildman–Crippen LogP) is 3.68. The number of methoxy groups -OCH3 is 1. The number of hydrogen-bond donors (Lipinski definition) is 2. The molecule has 0 saturated carbocycles. The topological polar surface area (TPSA) is 50.7 Å². The lowest BCUT2D eigenvalue weighted by atomic mass is 10.1. The number of aliphatic hydroxyl groups excluding tert-OH is 1. The first-order chi connectivity index (χ1) is 11.2. The highest BCUT2D eigenvalue weighted by atomic mass is 79.9. The molecular weight excluding hydrogens is 358 g/mol. The van der Waals surface area contributed by atoms with E-state index in [-0.39, 0.29) is 12.6 Å². The molecule has 23 heavy (non-hydrogen) atoms. The molecule has 0 fully saturated rings. The van der Waals surface area contributed by atoms with E-state index in [1.54, 1.807) is 7.11 Å². The van der Waals surface area contributed by atoms with E-state index in [9.17, 15) is 5.11 Å². The van der Waals surface area contributed by atoms with Crippen LogP contribution in [-0.2, 0) is 6.54 Å². The van der Waals surface area contributed by atoms with Gasteiger partial charge in [0.05, 0.1) is 30.8 Å². The molecule has 2 aromatic rings. The van der Waals surface area contributed by atoms with Crippen LogP contribution in [0.2, 0.25) is 0 Å². The molecule has 0 radical (unpaired) electrons. The summed E-state index contributed by atoms with van der Waals surface area (Å²) in [5, 5.41) is 13.0. The summed E-state index contributed by atoms with van der Waals surface area (Å²) < 4.78 is 11.9. The largest absolute Gasteiger partial charge is 0.493 e. The van der Waals surface area contributed by atoms with Crippen molar-refractivity contribution in [3.8, 4) is 11.5 Å². The fourth-order valence-corrected chi connectivity index (χ4v) is 2.98. The highest BCUT2D eigenvalue weighted by molar-refractivity contribution is 9.10. The smallest absolute Gasteiger partial charge is 0.175 e. The molecule has 0 aliphatic heterocycles. The highest BCUT2D eigenvalue weighted by Crippen LogP contribution is 2.36. The molecule has 2 N–H and O–H groups in total. The summed E-state index contributed by atoms with van der Waals surface area (Å²) in [6.07, 6.45) is 0.